The summed E-state index contributed by atoms with van der Waals surface area (Å²) in [4.78, 5) is 13.0. The van der Waals surface area contributed by atoms with Gasteiger partial charge in [0, 0.05) is 24.7 Å². The van der Waals surface area contributed by atoms with Gasteiger partial charge in [-0.3, -0.25) is 4.79 Å². The van der Waals surface area contributed by atoms with Gasteiger partial charge in [0.25, 0.3) is 0 Å². The molecular formula is C22H24N2O3S. The Balaban J connectivity index is 1.99. The Labute approximate surface area is 165 Å². The largest absolute Gasteiger partial charge is 0.345 e. The number of hydrogen-bond acceptors (Lipinski definition) is 3. The molecule has 0 aliphatic rings. The van der Waals surface area contributed by atoms with Gasteiger partial charge < -0.3 is 4.57 Å². The summed E-state index contributed by atoms with van der Waals surface area (Å²) in [6, 6.07) is 18.2. The lowest BCUT2D eigenvalue weighted by molar-refractivity contribution is 0.103. The molecule has 0 fully saturated rings. The normalized spacial score (nSPS) is 12.7. The highest BCUT2D eigenvalue weighted by atomic mass is 32.2. The van der Waals surface area contributed by atoms with Crippen molar-refractivity contribution in [2.24, 2.45) is 12.2 Å². The average Bonchev–Trinajstić information content (AvgIpc) is 2.93. The lowest BCUT2D eigenvalue weighted by Crippen LogP contribution is -2.24. The molecule has 1 unspecified atom stereocenters. The molecule has 0 amide bonds. The van der Waals surface area contributed by atoms with Gasteiger partial charge in [-0.15, -0.1) is 0 Å². The van der Waals surface area contributed by atoms with Crippen molar-refractivity contribution in [2.75, 3.05) is 0 Å². The third-order valence-electron chi connectivity index (χ3n) is 5.01. The zero-order valence-electron chi connectivity index (χ0n) is 16.2. The van der Waals surface area contributed by atoms with Crippen molar-refractivity contribution in [1.82, 2.24) is 4.57 Å². The van der Waals surface area contributed by atoms with Crippen LogP contribution in [0.1, 0.15) is 43.7 Å². The van der Waals surface area contributed by atoms with E-state index in [1.807, 2.05) is 38.1 Å². The molecule has 0 saturated carbocycles. The van der Waals surface area contributed by atoms with Crippen LogP contribution >= 0.6 is 0 Å². The van der Waals surface area contributed by atoms with Crippen molar-refractivity contribution in [1.29, 1.82) is 0 Å². The molecule has 0 saturated heterocycles. The highest BCUT2D eigenvalue weighted by Gasteiger charge is 2.27. The van der Waals surface area contributed by atoms with Crippen molar-refractivity contribution in [3.8, 4) is 0 Å². The van der Waals surface area contributed by atoms with Gasteiger partial charge in [0.2, 0.25) is 15.8 Å². The van der Waals surface area contributed by atoms with Crippen molar-refractivity contribution in [3.05, 3.63) is 94.3 Å². The summed E-state index contributed by atoms with van der Waals surface area (Å²) in [6.45, 7) is 3.83. The molecule has 6 heteroatoms. The molecule has 0 aliphatic heterocycles. The maximum absolute atomic E-state index is 13.0. The summed E-state index contributed by atoms with van der Waals surface area (Å²) >= 11 is 0. The van der Waals surface area contributed by atoms with Gasteiger partial charge in [-0.05, 0) is 31.0 Å². The van der Waals surface area contributed by atoms with Crippen molar-refractivity contribution in [2.45, 2.75) is 25.5 Å². The Morgan fingerprint density at radius 1 is 1.04 bits per heavy atom. The van der Waals surface area contributed by atoms with E-state index in [1.165, 1.54) is 0 Å². The number of aryl methyl sites for hydroxylation is 2. The fourth-order valence-electron chi connectivity index (χ4n) is 3.47. The standard InChI is InChI=1S/C22H24N2O3S/c1-15-9-11-18(12-10-15)22(25)21-16(2)13-19(24(21)3)14-20(28(23,26)27)17-7-5-4-6-8-17/h4-13,20H,14H2,1-3H3,(H2,23,26,27). The van der Waals surface area contributed by atoms with Crippen LogP contribution in [0.4, 0.5) is 0 Å². The highest BCUT2D eigenvalue weighted by Crippen LogP contribution is 2.27. The molecule has 5 nitrogen and oxygen atoms in total. The molecule has 0 spiro atoms. The third-order valence-corrected chi connectivity index (χ3v) is 6.25. The van der Waals surface area contributed by atoms with E-state index in [2.05, 4.69) is 0 Å². The molecule has 0 aliphatic carbocycles. The molecule has 0 bridgehead atoms. The molecule has 146 valence electrons. The van der Waals surface area contributed by atoms with Crippen molar-refractivity contribution < 1.29 is 13.2 Å². The summed E-state index contributed by atoms with van der Waals surface area (Å²) in [5, 5.41) is 4.64. The van der Waals surface area contributed by atoms with E-state index in [4.69, 9.17) is 5.14 Å². The second kappa shape index (κ2) is 7.73. The minimum atomic E-state index is -3.81. The topological polar surface area (TPSA) is 82.2 Å². The fraction of sp³-hybridized carbons (Fsp3) is 0.227. The summed E-state index contributed by atoms with van der Waals surface area (Å²) in [6.07, 6.45) is 0.196. The Morgan fingerprint density at radius 3 is 2.21 bits per heavy atom. The van der Waals surface area contributed by atoms with Crippen LogP contribution in [0.3, 0.4) is 0 Å². The second-order valence-corrected chi connectivity index (χ2v) is 8.86. The lowest BCUT2D eigenvalue weighted by atomic mass is 10.0. The summed E-state index contributed by atoms with van der Waals surface area (Å²) in [5.74, 6) is -0.0851. The number of hydrogen-bond donors (Lipinski definition) is 1. The van der Waals surface area contributed by atoms with E-state index in [1.54, 1.807) is 48.0 Å². The molecule has 3 aromatic rings. The Bertz CT molecular complexity index is 1100. The van der Waals surface area contributed by atoms with E-state index in [9.17, 15) is 13.2 Å². The molecule has 2 N–H and O–H groups in total. The maximum atomic E-state index is 13.0. The SMILES string of the molecule is Cc1ccc(C(=O)c2c(C)cc(CC(c3ccccc3)S(N)(=O)=O)n2C)cc1. The number of aromatic nitrogens is 1. The summed E-state index contributed by atoms with van der Waals surface area (Å²) < 4.78 is 26.2. The maximum Gasteiger partial charge on any atom is 0.216 e. The zero-order chi connectivity index (χ0) is 20.5. The number of ketones is 1. The molecule has 1 heterocycles. The first-order chi connectivity index (χ1) is 13.2. The minimum Gasteiger partial charge on any atom is -0.345 e. The van der Waals surface area contributed by atoms with Crippen LogP contribution in [0.5, 0.6) is 0 Å². The molecular weight excluding hydrogens is 372 g/mol. The van der Waals surface area contributed by atoms with Gasteiger partial charge in [0.15, 0.2) is 0 Å². The molecule has 3 rings (SSSR count). The number of nitrogens with two attached hydrogens (primary N) is 1. The Kier molecular flexibility index (Phi) is 5.54. The molecule has 2 aromatic carbocycles. The Morgan fingerprint density at radius 2 is 1.64 bits per heavy atom. The van der Waals surface area contributed by atoms with E-state index >= 15 is 0 Å². The van der Waals surface area contributed by atoms with E-state index < -0.39 is 15.3 Å². The minimum absolute atomic E-state index is 0.0851. The molecule has 0 radical (unpaired) electrons. The van der Waals surface area contributed by atoms with E-state index in [-0.39, 0.29) is 12.2 Å². The van der Waals surface area contributed by atoms with E-state index in [0.29, 0.717) is 16.8 Å². The first-order valence-corrected chi connectivity index (χ1v) is 10.6. The number of primary sulfonamides is 1. The number of sulfonamides is 1. The predicted molar refractivity (Wildman–Crippen MR) is 111 cm³/mol. The molecule has 1 aromatic heterocycles. The van der Waals surface area contributed by atoms with Crippen LogP contribution in [0, 0.1) is 13.8 Å². The van der Waals surface area contributed by atoms with Crippen LogP contribution in [0.25, 0.3) is 0 Å². The highest BCUT2D eigenvalue weighted by molar-refractivity contribution is 7.89. The number of rotatable bonds is 6. The lowest BCUT2D eigenvalue weighted by Gasteiger charge is -2.16. The fourth-order valence-corrected chi connectivity index (χ4v) is 4.41. The molecule has 28 heavy (non-hydrogen) atoms. The average molecular weight is 397 g/mol. The van der Waals surface area contributed by atoms with Gasteiger partial charge in [-0.1, -0.05) is 60.2 Å². The first kappa shape index (κ1) is 20.0. The molecule has 1 atom stereocenters. The van der Waals surface area contributed by atoms with Crippen LogP contribution in [-0.2, 0) is 23.5 Å². The van der Waals surface area contributed by atoms with Gasteiger partial charge in [-0.25, -0.2) is 13.6 Å². The van der Waals surface area contributed by atoms with Gasteiger partial charge >= 0.3 is 0 Å². The second-order valence-electron chi connectivity index (χ2n) is 7.11. The van der Waals surface area contributed by atoms with Crippen LogP contribution in [0.2, 0.25) is 0 Å². The smallest absolute Gasteiger partial charge is 0.216 e. The van der Waals surface area contributed by atoms with Crippen LogP contribution in [0.15, 0.2) is 60.7 Å². The van der Waals surface area contributed by atoms with Gasteiger partial charge in [0.05, 0.1) is 5.69 Å². The zero-order valence-corrected chi connectivity index (χ0v) is 17.0. The van der Waals surface area contributed by atoms with Crippen LogP contribution < -0.4 is 5.14 Å². The van der Waals surface area contributed by atoms with Crippen LogP contribution in [-0.4, -0.2) is 18.8 Å². The number of benzene rings is 2. The number of nitrogens with zero attached hydrogens (tertiary/aromatic N) is 1. The summed E-state index contributed by atoms with van der Waals surface area (Å²) in [5.41, 5.74) is 4.43. The van der Waals surface area contributed by atoms with Crippen molar-refractivity contribution >= 4 is 15.8 Å². The first-order valence-electron chi connectivity index (χ1n) is 9.01. The van der Waals surface area contributed by atoms with E-state index in [0.717, 1.165) is 16.8 Å². The van der Waals surface area contributed by atoms with Gasteiger partial charge in [-0.2, -0.15) is 0 Å². The monoisotopic (exact) mass is 396 g/mol. The quantitative estimate of drug-likeness (QED) is 0.648. The predicted octanol–water partition coefficient (Wildman–Crippen LogP) is 3.45. The third kappa shape index (κ3) is 4.08. The summed E-state index contributed by atoms with van der Waals surface area (Å²) in [7, 11) is -2.03. The van der Waals surface area contributed by atoms with Crippen molar-refractivity contribution in [3.63, 3.8) is 0 Å². The number of carbonyl (C=O) groups is 1. The Hall–Kier alpha value is -2.70. The van der Waals surface area contributed by atoms with Gasteiger partial charge in [0.1, 0.15) is 5.25 Å². The number of carbonyl (C=O) groups excluding carboxylic acids is 1.